The third-order valence-electron chi connectivity index (χ3n) is 3.12. The van der Waals surface area contributed by atoms with E-state index < -0.39 is 24.5 Å². The van der Waals surface area contributed by atoms with Gasteiger partial charge in [-0.2, -0.15) is 0 Å². The number of hydrogen-bond acceptors (Lipinski definition) is 7. The number of carbonyl (C=O) groups is 3. The maximum atomic E-state index is 11.9. The smallest absolute Gasteiger partial charge is 0.340 e. The van der Waals surface area contributed by atoms with Crippen LogP contribution >= 0.6 is 0 Å². The van der Waals surface area contributed by atoms with E-state index in [2.05, 4.69) is 15.0 Å². The van der Waals surface area contributed by atoms with E-state index in [1.165, 1.54) is 38.6 Å². The Bertz CT molecular complexity index is 773. The minimum Gasteiger partial charge on any atom is -0.481 e. The SMILES string of the molecule is COC(=O)c1ccccc1NC(=O)COC(=O)c1ccc(OC)nc1. The molecule has 8 heteroatoms. The highest BCUT2D eigenvalue weighted by Gasteiger charge is 2.15. The first kappa shape index (κ1) is 17.9. The molecule has 0 aliphatic heterocycles. The van der Waals surface area contributed by atoms with E-state index >= 15 is 0 Å². The Morgan fingerprint density at radius 1 is 1.04 bits per heavy atom. The van der Waals surface area contributed by atoms with Crippen LogP contribution in [0.2, 0.25) is 0 Å². The van der Waals surface area contributed by atoms with E-state index in [0.717, 1.165) is 0 Å². The average Bonchev–Trinajstić information content (AvgIpc) is 2.66. The van der Waals surface area contributed by atoms with Crippen molar-refractivity contribution >= 4 is 23.5 Å². The molecule has 1 aromatic heterocycles. The number of rotatable bonds is 6. The van der Waals surface area contributed by atoms with Crippen molar-refractivity contribution in [3.63, 3.8) is 0 Å². The Morgan fingerprint density at radius 2 is 1.80 bits per heavy atom. The standard InChI is InChI=1S/C17H16N2O6/c1-23-15-8-7-11(9-18-15)16(21)25-10-14(20)19-13-6-4-3-5-12(13)17(22)24-2/h3-9H,10H2,1-2H3,(H,19,20). The van der Waals surface area contributed by atoms with Crippen molar-refractivity contribution in [1.82, 2.24) is 4.98 Å². The predicted octanol–water partition coefficient (Wildman–Crippen LogP) is 1.67. The molecule has 130 valence electrons. The number of anilines is 1. The van der Waals surface area contributed by atoms with Gasteiger partial charge < -0.3 is 19.5 Å². The summed E-state index contributed by atoms with van der Waals surface area (Å²) >= 11 is 0. The Kier molecular flexibility index (Phi) is 6.05. The summed E-state index contributed by atoms with van der Waals surface area (Å²) in [5.74, 6) is -1.52. The number of ether oxygens (including phenoxy) is 3. The Balaban J connectivity index is 1.94. The summed E-state index contributed by atoms with van der Waals surface area (Å²) in [5, 5.41) is 2.50. The largest absolute Gasteiger partial charge is 0.481 e. The molecule has 0 radical (unpaired) electrons. The average molecular weight is 344 g/mol. The van der Waals surface area contributed by atoms with Crippen molar-refractivity contribution < 1.29 is 28.6 Å². The second-order valence-corrected chi connectivity index (χ2v) is 4.75. The lowest BCUT2D eigenvalue weighted by molar-refractivity contribution is -0.119. The predicted molar refractivity (Wildman–Crippen MR) is 87.5 cm³/mol. The summed E-state index contributed by atoms with van der Waals surface area (Å²) in [7, 11) is 2.70. The minimum absolute atomic E-state index is 0.184. The molecule has 2 rings (SSSR count). The number of methoxy groups -OCH3 is 2. The van der Waals surface area contributed by atoms with Gasteiger partial charge >= 0.3 is 11.9 Å². The molecular weight excluding hydrogens is 328 g/mol. The fourth-order valence-corrected chi connectivity index (χ4v) is 1.90. The van der Waals surface area contributed by atoms with Crippen LogP contribution in [0.25, 0.3) is 0 Å². The lowest BCUT2D eigenvalue weighted by Crippen LogP contribution is -2.22. The van der Waals surface area contributed by atoms with Crippen LogP contribution in [-0.2, 0) is 14.3 Å². The third kappa shape index (κ3) is 4.77. The molecule has 1 heterocycles. The zero-order valence-electron chi connectivity index (χ0n) is 13.6. The van der Waals surface area contributed by atoms with E-state index in [4.69, 9.17) is 9.47 Å². The van der Waals surface area contributed by atoms with Crippen molar-refractivity contribution in [3.8, 4) is 5.88 Å². The highest BCUT2D eigenvalue weighted by atomic mass is 16.5. The van der Waals surface area contributed by atoms with Gasteiger partial charge in [-0.15, -0.1) is 0 Å². The highest BCUT2D eigenvalue weighted by molar-refractivity contribution is 6.02. The van der Waals surface area contributed by atoms with Gasteiger partial charge in [0.2, 0.25) is 5.88 Å². The molecule has 0 saturated carbocycles. The van der Waals surface area contributed by atoms with Gasteiger partial charge in [-0.3, -0.25) is 4.79 Å². The van der Waals surface area contributed by atoms with Crippen LogP contribution < -0.4 is 10.1 Å². The van der Waals surface area contributed by atoms with Crippen LogP contribution in [0, 0.1) is 0 Å². The van der Waals surface area contributed by atoms with E-state index in [0.29, 0.717) is 5.88 Å². The monoisotopic (exact) mass is 344 g/mol. The quantitative estimate of drug-likeness (QED) is 0.795. The molecular formula is C17H16N2O6. The number of nitrogens with one attached hydrogen (secondary N) is 1. The second kappa shape index (κ2) is 8.44. The third-order valence-corrected chi connectivity index (χ3v) is 3.12. The molecule has 1 N–H and O–H groups in total. The van der Waals surface area contributed by atoms with Gasteiger partial charge in [0.1, 0.15) is 0 Å². The lowest BCUT2D eigenvalue weighted by Gasteiger charge is -2.10. The number of esters is 2. The molecule has 0 unspecified atom stereocenters. The number of hydrogen-bond donors (Lipinski definition) is 1. The summed E-state index contributed by atoms with van der Waals surface area (Å²) in [4.78, 5) is 39.3. The van der Waals surface area contributed by atoms with E-state index in [9.17, 15) is 14.4 Å². The number of amides is 1. The van der Waals surface area contributed by atoms with Crippen molar-refractivity contribution in [2.45, 2.75) is 0 Å². The molecule has 1 aromatic carbocycles. The molecule has 0 aliphatic carbocycles. The number of carbonyl (C=O) groups excluding carboxylic acids is 3. The summed E-state index contributed by atoms with van der Waals surface area (Å²) in [6.07, 6.45) is 1.28. The number of aromatic nitrogens is 1. The van der Waals surface area contributed by atoms with Crippen LogP contribution in [0.3, 0.4) is 0 Å². The second-order valence-electron chi connectivity index (χ2n) is 4.75. The van der Waals surface area contributed by atoms with Gasteiger partial charge in [-0.05, 0) is 18.2 Å². The topological polar surface area (TPSA) is 104 Å². The highest BCUT2D eigenvalue weighted by Crippen LogP contribution is 2.16. The summed E-state index contributed by atoms with van der Waals surface area (Å²) in [6, 6.07) is 9.31. The van der Waals surface area contributed by atoms with Gasteiger partial charge in [-0.1, -0.05) is 12.1 Å². The van der Waals surface area contributed by atoms with Crippen molar-refractivity contribution in [1.29, 1.82) is 0 Å². The van der Waals surface area contributed by atoms with Gasteiger partial charge in [0.25, 0.3) is 5.91 Å². The number of benzene rings is 1. The Morgan fingerprint density at radius 3 is 2.44 bits per heavy atom. The van der Waals surface area contributed by atoms with E-state index in [-0.39, 0.29) is 16.8 Å². The Labute approximate surface area is 143 Å². The van der Waals surface area contributed by atoms with Crippen molar-refractivity contribution in [2.75, 3.05) is 26.1 Å². The minimum atomic E-state index is -0.702. The molecule has 0 fully saturated rings. The van der Waals surface area contributed by atoms with Gasteiger partial charge in [-0.25, -0.2) is 14.6 Å². The summed E-state index contributed by atoms with van der Waals surface area (Å²) < 4.78 is 14.4. The summed E-state index contributed by atoms with van der Waals surface area (Å²) in [5.41, 5.74) is 0.647. The summed E-state index contributed by atoms with van der Waals surface area (Å²) in [6.45, 7) is -0.514. The maximum Gasteiger partial charge on any atom is 0.340 e. The molecule has 25 heavy (non-hydrogen) atoms. The zero-order valence-corrected chi connectivity index (χ0v) is 13.6. The van der Waals surface area contributed by atoms with Gasteiger partial charge in [0.15, 0.2) is 6.61 Å². The van der Waals surface area contributed by atoms with Crippen molar-refractivity contribution in [3.05, 3.63) is 53.7 Å². The fourth-order valence-electron chi connectivity index (χ4n) is 1.90. The van der Waals surface area contributed by atoms with Gasteiger partial charge in [0.05, 0.1) is 31.0 Å². The Hall–Kier alpha value is -3.42. The van der Waals surface area contributed by atoms with Crippen LogP contribution in [0.4, 0.5) is 5.69 Å². The van der Waals surface area contributed by atoms with Crippen LogP contribution in [0.5, 0.6) is 5.88 Å². The molecule has 0 spiro atoms. The number of pyridine rings is 1. The number of para-hydroxylation sites is 1. The first-order valence-corrected chi connectivity index (χ1v) is 7.19. The first-order valence-electron chi connectivity index (χ1n) is 7.19. The molecule has 8 nitrogen and oxygen atoms in total. The van der Waals surface area contributed by atoms with Crippen LogP contribution in [0.15, 0.2) is 42.6 Å². The first-order chi connectivity index (χ1) is 12.0. The molecule has 1 amide bonds. The zero-order chi connectivity index (χ0) is 18.2. The van der Waals surface area contributed by atoms with Crippen LogP contribution in [0.1, 0.15) is 20.7 Å². The lowest BCUT2D eigenvalue weighted by atomic mass is 10.2. The molecule has 0 bridgehead atoms. The van der Waals surface area contributed by atoms with Crippen LogP contribution in [-0.4, -0.2) is 43.7 Å². The van der Waals surface area contributed by atoms with Gasteiger partial charge in [0, 0.05) is 12.3 Å². The van der Waals surface area contributed by atoms with E-state index in [1.807, 2.05) is 0 Å². The molecule has 0 saturated heterocycles. The van der Waals surface area contributed by atoms with Crippen molar-refractivity contribution in [2.24, 2.45) is 0 Å². The van der Waals surface area contributed by atoms with E-state index in [1.54, 1.807) is 18.2 Å². The fraction of sp³-hybridized carbons (Fsp3) is 0.176. The number of nitrogens with zero attached hydrogens (tertiary/aromatic N) is 1. The maximum absolute atomic E-state index is 11.9. The molecule has 2 aromatic rings. The normalized spacial score (nSPS) is 9.84. The molecule has 0 atom stereocenters. The molecule has 0 aliphatic rings.